The van der Waals surface area contributed by atoms with E-state index >= 15 is 0 Å². The molecule has 2 heterocycles. The monoisotopic (exact) mass is 207 g/mol. The van der Waals surface area contributed by atoms with Crippen LogP contribution in [-0.2, 0) is 6.54 Å². The summed E-state index contributed by atoms with van der Waals surface area (Å²) in [6.07, 6.45) is 0. The molecule has 0 spiro atoms. The predicted molar refractivity (Wildman–Crippen MR) is 57.0 cm³/mol. The van der Waals surface area contributed by atoms with E-state index in [0.717, 1.165) is 26.2 Å². The van der Waals surface area contributed by atoms with Crippen LogP contribution in [0.2, 0.25) is 0 Å². The molecule has 1 unspecified atom stereocenters. The minimum Gasteiger partial charge on any atom is -0.313 e. The number of hydrogen-bond acceptors (Lipinski definition) is 4. The number of nitrogens with one attached hydrogen (secondary N) is 1. The standard InChI is InChI=1S/C10H13N3S/c11-5-10-6-12-2-3-13(10)7-9-1-4-14-8-9/h1,4,8,10,12H,2-3,6-7H2. The zero-order chi connectivity index (χ0) is 9.80. The van der Waals surface area contributed by atoms with Crippen LogP contribution in [0.15, 0.2) is 16.8 Å². The number of piperazine rings is 1. The van der Waals surface area contributed by atoms with E-state index < -0.39 is 0 Å². The summed E-state index contributed by atoms with van der Waals surface area (Å²) in [5.41, 5.74) is 1.32. The zero-order valence-corrected chi connectivity index (χ0v) is 8.76. The van der Waals surface area contributed by atoms with Crippen LogP contribution in [0.1, 0.15) is 5.56 Å². The van der Waals surface area contributed by atoms with Crippen molar-refractivity contribution in [3.8, 4) is 6.07 Å². The van der Waals surface area contributed by atoms with E-state index in [4.69, 9.17) is 5.26 Å². The van der Waals surface area contributed by atoms with Gasteiger partial charge in [-0.05, 0) is 22.4 Å². The Balaban J connectivity index is 1.99. The van der Waals surface area contributed by atoms with E-state index in [1.54, 1.807) is 11.3 Å². The molecule has 0 aliphatic carbocycles. The Morgan fingerprint density at radius 3 is 3.36 bits per heavy atom. The minimum atomic E-state index is 0.0312. The Labute approximate surface area is 88.0 Å². The molecule has 1 aromatic rings. The fourth-order valence-corrected chi connectivity index (χ4v) is 2.34. The smallest absolute Gasteiger partial charge is 0.111 e. The highest BCUT2D eigenvalue weighted by atomic mass is 32.1. The second-order valence-electron chi connectivity index (χ2n) is 3.45. The summed E-state index contributed by atoms with van der Waals surface area (Å²) >= 11 is 1.71. The Morgan fingerprint density at radius 2 is 2.64 bits per heavy atom. The average molecular weight is 207 g/mol. The van der Waals surface area contributed by atoms with Crippen LogP contribution in [-0.4, -0.2) is 30.6 Å². The molecule has 0 aromatic carbocycles. The maximum atomic E-state index is 8.96. The second-order valence-corrected chi connectivity index (χ2v) is 4.23. The highest BCUT2D eigenvalue weighted by Crippen LogP contribution is 2.12. The van der Waals surface area contributed by atoms with Crippen molar-refractivity contribution in [1.82, 2.24) is 10.2 Å². The molecule has 0 bridgehead atoms. The maximum Gasteiger partial charge on any atom is 0.111 e. The van der Waals surface area contributed by atoms with Crippen molar-refractivity contribution in [3.05, 3.63) is 22.4 Å². The SMILES string of the molecule is N#CC1CNCCN1Cc1ccsc1. The molecule has 74 valence electrons. The summed E-state index contributed by atoms with van der Waals surface area (Å²) in [5.74, 6) is 0. The van der Waals surface area contributed by atoms with Crippen LogP contribution in [0.5, 0.6) is 0 Å². The number of thiophene rings is 1. The lowest BCUT2D eigenvalue weighted by atomic mass is 10.2. The highest BCUT2D eigenvalue weighted by molar-refractivity contribution is 7.07. The van der Waals surface area contributed by atoms with E-state index in [9.17, 15) is 0 Å². The van der Waals surface area contributed by atoms with Crippen molar-refractivity contribution in [2.24, 2.45) is 0 Å². The Morgan fingerprint density at radius 1 is 1.71 bits per heavy atom. The number of nitrogens with zero attached hydrogens (tertiary/aromatic N) is 2. The van der Waals surface area contributed by atoms with Crippen molar-refractivity contribution in [2.75, 3.05) is 19.6 Å². The molecular formula is C10H13N3S. The van der Waals surface area contributed by atoms with Gasteiger partial charge < -0.3 is 5.32 Å². The van der Waals surface area contributed by atoms with Gasteiger partial charge in [0, 0.05) is 26.2 Å². The van der Waals surface area contributed by atoms with Gasteiger partial charge in [0.1, 0.15) is 6.04 Å². The average Bonchev–Trinajstić information content (AvgIpc) is 2.71. The van der Waals surface area contributed by atoms with E-state index in [0.29, 0.717) is 0 Å². The third-order valence-electron chi connectivity index (χ3n) is 2.47. The lowest BCUT2D eigenvalue weighted by molar-refractivity contribution is 0.189. The van der Waals surface area contributed by atoms with Gasteiger partial charge in [0.05, 0.1) is 6.07 Å². The van der Waals surface area contributed by atoms with Gasteiger partial charge in [0.25, 0.3) is 0 Å². The Bertz CT molecular complexity index is 315. The van der Waals surface area contributed by atoms with E-state index in [2.05, 4.69) is 33.1 Å². The largest absolute Gasteiger partial charge is 0.313 e. The lowest BCUT2D eigenvalue weighted by Crippen LogP contribution is -2.49. The Hall–Kier alpha value is -0.890. The first kappa shape index (κ1) is 9.66. The molecule has 1 aliphatic rings. The lowest BCUT2D eigenvalue weighted by Gasteiger charge is -2.31. The third-order valence-corrected chi connectivity index (χ3v) is 3.20. The molecule has 1 saturated heterocycles. The van der Waals surface area contributed by atoms with Gasteiger partial charge in [0.2, 0.25) is 0 Å². The molecule has 0 amide bonds. The topological polar surface area (TPSA) is 39.1 Å². The summed E-state index contributed by atoms with van der Waals surface area (Å²) in [4.78, 5) is 2.23. The van der Waals surface area contributed by atoms with Gasteiger partial charge in [-0.3, -0.25) is 4.90 Å². The molecule has 1 aliphatic heterocycles. The van der Waals surface area contributed by atoms with Crippen molar-refractivity contribution >= 4 is 11.3 Å². The van der Waals surface area contributed by atoms with Crippen molar-refractivity contribution < 1.29 is 0 Å². The first-order chi connectivity index (χ1) is 6.90. The minimum absolute atomic E-state index is 0.0312. The van der Waals surface area contributed by atoms with Gasteiger partial charge in [-0.1, -0.05) is 0 Å². The van der Waals surface area contributed by atoms with Crippen LogP contribution in [0.25, 0.3) is 0 Å². The summed E-state index contributed by atoms with van der Waals surface area (Å²) in [7, 11) is 0. The van der Waals surface area contributed by atoms with Crippen LogP contribution in [0, 0.1) is 11.3 Å². The van der Waals surface area contributed by atoms with E-state index in [1.165, 1.54) is 5.56 Å². The number of hydrogen-bond donors (Lipinski definition) is 1. The van der Waals surface area contributed by atoms with Gasteiger partial charge in [-0.2, -0.15) is 16.6 Å². The molecule has 2 rings (SSSR count). The summed E-state index contributed by atoms with van der Waals surface area (Å²) in [6.45, 7) is 3.65. The first-order valence-electron chi connectivity index (χ1n) is 4.75. The van der Waals surface area contributed by atoms with Crippen molar-refractivity contribution in [1.29, 1.82) is 5.26 Å². The summed E-state index contributed by atoms with van der Waals surface area (Å²) < 4.78 is 0. The molecular weight excluding hydrogens is 194 g/mol. The fourth-order valence-electron chi connectivity index (χ4n) is 1.68. The van der Waals surface area contributed by atoms with Crippen LogP contribution in [0.4, 0.5) is 0 Å². The van der Waals surface area contributed by atoms with E-state index in [1.807, 2.05) is 0 Å². The summed E-state index contributed by atoms with van der Waals surface area (Å²) in [6, 6.07) is 4.49. The molecule has 1 fully saturated rings. The Kier molecular flexibility index (Phi) is 3.14. The zero-order valence-electron chi connectivity index (χ0n) is 7.94. The fraction of sp³-hybridized carbons (Fsp3) is 0.500. The number of rotatable bonds is 2. The van der Waals surface area contributed by atoms with E-state index in [-0.39, 0.29) is 6.04 Å². The third kappa shape index (κ3) is 2.13. The number of nitriles is 1. The highest BCUT2D eigenvalue weighted by Gasteiger charge is 2.21. The van der Waals surface area contributed by atoms with Gasteiger partial charge >= 0.3 is 0 Å². The molecule has 4 heteroatoms. The van der Waals surface area contributed by atoms with Gasteiger partial charge in [0.15, 0.2) is 0 Å². The van der Waals surface area contributed by atoms with Crippen molar-refractivity contribution in [3.63, 3.8) is 0 Å². The molecule has 0 saturated carbocycles. The van der Waals surface area contributed by atoms with Crippen LogP contribution < -0.4 is 5.32 Å². The summed E-state index contributed by atoms with van der Waals surface area (Å²) in [5, 5.41) is 16.4. The first-order valence-corrected chi connectivity index (χ1v) is 5.70. The van der Waals surface area contributed by atoms with Crippen LogP contribution >= 0.6 is 11.3 Å². The molecule has 1 aromatic heterocycles. The molecule has 0 radical (unpaired) electrons. The quantitative estimate of drug-likeness (QED) is 0.787. The maximum absolute atomic E-state index is 8.96. The van der Waals surface area contributed by atoms with Gasteiger partial charge in [-0.25, -0.2) is 0 Å². The van der Waals surface area contributed by atoms with Gasteiger partial charge in [-0.15, -0.1) is 0 Å². The normalized spacial score (nSPS) is 23.2. The molecule has 3 nitrogen and oxygen atoms in total. The molecule has 1 N–H and O–H groups in total. The molecule has 1 atom stereocenters. The predicted octanol–water partition coefficient (Wildman–Crippen LogP) is 1.05. The van der Waals surface area contributed by atoms with Crippen LogP contribution in [0.3, 0.4) is 0 Å². The van der Waals surface area contributed by atoms with Crippen molar-refractivity contribution in [2.45, 2.75) is 12.6 Å². The molecule has 14 heavy (non-hydrogen) atoms. The second kappa shape index (κ2) is 4.56.